The Balaban J connectivity index is 2.54. The SMILES string of the molecule is C=C1C(CCO)C[C@@H](O)[C@@H](OCCCO)[C@@H]1O. The molecule has 1 fully saturated rings. The summed E-state index contributed by atoms with van der Waals surface area (Å²) in [7, 11) is 0. The molecule has 0 aromatic rings. The van der Waals surface area contributed by atoms with Crippen molar-refractivity contribution in [2.75, 3.05) is 19.8 Å². The number of rotatable bonds is 6. The van der Waals surface area contributed by atoms with E-state index in [-0.39, 0.29) is 19.1 Å². The molecule has 5 nitrogen and oxygen atoms in total. The molecular weight excluding hydrogens is 224 g/mol. The van der Waals surface area contributed by atoms with Crippen LogP contribution in [0.25, 0.3) is 0 Å². The van der Waals surface area contributed by atoms with E-state index in [2.05, 4.69) is 6.58 Å². The van der Waals surface area contributed by atoms with Gasteiger partial charge in [0.1, 0.15) is 12.2 Å². The highest BCUT2D eigenvalue weighted by Gasteiger charge is 2.38. The van der Waals surface area contributed by atoms with Crippen LogP contribution in [0.15, 0.2) is 12.2 Å². The third-order valence-electron chi connectivity index (χ3n) is 3.21. The molecule has 0 amide bonds. The highest BCUT2D eigenvalue weighted by molar-refractivity contribution is 5.15. The fourth-order valence-electron chi connectivity index (χ4n) is 2.19. The van der Waals surface area contributed by atoms with Crippen LogP contribution in [0.2, 0.25) is 0 Å². The summed E-state index contributed by atoms with van der Waals surface area (Å²) < 4.78 is 5.36. The normalized spacial score (nSPS) is 34.0. The summed E-state index contributed by atoms with van der Waals surface area (Å²) in [5.41, 5.74) is 0.610. The monoisotopic (exact) mass is 246 g/mol. The summed E-state index contributed by atoms with van der Waals surface area (Å²) in [6, 6.07) is 0. The molecule has 0 aromatic carbocycles. The van der Waals surface area contributed by atoms with E-state index < -0.39 is 18.3 Å². The summed E-state index contributed by atoms with van der Waals surface area (Å²) in [6.07, 6.45) is -0.928. The Morgan fingerprint density at radius 1 is 1.24 bits per heavy atom. The van der Waals surface area contributed by atoms with Gasteiger partial charge in [-0.3, -0.25) is 0 Å². The van der Waals surface area contributed by atoms with Crippen LogP contribution < -0.4 is 0 Å². The molecule has 1 saturated carbocycles. The van der Waals surface area contributed by atoms with E-state index in [9.17, 15) is 10.2 Å². The zero-order chi connectivity index (χ0) is 12.8. The van der Waals surface area contributed by atoms with Gasteiger partial charge in [0, 0.05) is 19.8 Å². The molecule has 0 heterocycles. The van der Waals surface area contributed by atoms with E-state index in [4.69, 9.17) is 14.9 Å². The smallest absolute Gasteiger partial charge is 0.113 e. The van der Waals surface area contributed by atoms with Crippen LogP contribution in [0.5, 0.6) is 0 Å². The van der Waals surface area contributed by atoms with Crippen LogP contribution >= 0.6 is 0 Å². The Morgan fingerprint density at radius 3 is 2.53 bits per heavy atom. The second-order valence-electron chi connectivity index (χ2n) is 4.44. The van der Waals surface area contributed by atoms with E-state index in [1.54, 1.807) is 0 Å². The van der Waals surface area contributed by atoms with Gasteiger partial charge in [-0.25, -0.2) is 0 Å². The predicted octanol–water partition coefficient (Wildman–Crippen LogP) is -0.566. The van der Waals surface area contributed by atoms with Gasteiger partial charge in [-0.1, -0.05) is 6.58 Å². The molecule has 100 valence electrons. The molecule has 0 bridgehead atoms. The van der Waals surface area contributed by atoms with Gasteiger partial charge in [0.2, 0.25) is 0 Å². The fourth-order valence-corrected chi connectivity index (χ4v) is 2.19. The van der Waals surface area contributed by atoms with Crippen molar-refractivity contribution in [3.8, 4) is 0 Å². The van der Waals surface area contributed by atoms with Crippen molar-refractivity contribution in [1.29, 1.82) is 0 Å². The Bertz CT molecular complexity index is 243. The number of aliphatic hydroxyl groups excluding tert-OH is 4. The Morgan fingerprint density at radius 2 is 1.94 bits per heavy atom. The maximum atomic E-state index is 9.98. The topological polar surface area (TPSA) is 90.2 Å². The lowest BCUT2D eigenvalue weighted by molar-refractivity contribution is -0.113. The molecule has 4 atom stereocenters. The molecule has 1 rings (SSSR count). The molecule has 17 heavy (non-hydrogen) atoms. The molecule has 1 aliphatic rings. The van der Waals surface area contributed by atoms with Crippen molar-refractivity contribution < 1.29 is 25.2 Å². The molecule has 0 aliphatic heterocycles. The first-order valence-corrected chi connectivity index (χ1v) is 6.00. The van der Waals surface area contributed by atoms with Gasteiger partial charge in [-0.15, -0.1) is 0 Å². The molecule has 4 N–H and O–H groups in total. The second kappa shape index (κ2) is 7.08. The lowest BCUT2D eigenvalue weighted by Crippen LogP contribution is -2.47. The third-order valence-corrected chi connectivity index (χ3v) is 3.21. The minimum absolute atomic E-state index is 0.0131. The van der Waals surface area contributed by atoms with Gasteiger partial charge in [-0.05, 0) is 30.8 Å². The quantitative estimate of drug-likeness (QED) is 0.372. The van der Waals surface area contributed by atoms with E-state index in [0.717, 1.165) is 0 Å². The third kappa shape index (κ3) is 3.76. The van der Waals surface area contributed by atoms with Crippen LogP contribution in [0.3, 0.4) is 0 Å². The summed E-state index contributed by atoms with van der Waals surface area (Å²) in [5, 5.41) is 37.4. The van der Waals surface area contributed by atoms with Crippen LogP contribution in [-0.2, 0) is 4.74 Å². The lowest BCUT2D eigenvalue weighted by Gasteiger charge is -2.38. The number of hydrogen-bond acceptors (Lipinski definition) is 5. The Hall–Kier alpha value is -0.460. The summed E-state index contributed by atoms with van der Waals surface area (Å²) in [6.45, 7) is 4.14. The zero-order valence-corrected chi connectivity index (χ0v) is 9.96. The average Bonchev–Trinajstić information content (AvgIpc) is 2.30. The van der Waals surface area contributed by atoms with Crippen molar-refractivity contribution in [2.45, 2.75) is 37.6 Å². The van der Waals surface area contributed by atoms with Crippen molar-refractivity contribution in [2.24, 2.45) is 5.92 Å². The Kier molecular flexibility index (Phi) is 6.08. The van der Waals surface area contributed by atoms with E-state index in [1.165, 1.54) is 0 Å². The van der Waals surface area contributed by atoms with Crippen LogP contribution in [0.4, 0.5) is 0 Å². The highest BCUT2D eigenvalue weighted by atomic mass is 16.5. The number of ether oxygens (including phenoxy) is 1. The van der Waals surface area contributed by atoms with Crippen molar-refractivity contribution >= 4 is 0 Å². The molecule has 0 aromatic heterocycles. The van der Waals surface area contributed by atoms with Crippen molar-refractivity contribution in [3.63, 3.8) is 0 Å². The van der Waals surface area contributed by atoms with Crippen LogP contribution in [-0.4, -0.2) is 58.6 Å². The highest BCUT2D eigenvalue weighted by Crippen LogP contribution is 2.32. The maximum Gasteiger partial charge on any atom is 0.113 e. The van der Waals surface area contributed by atoms with Gasteiger partial charge in [-0.2, -0.15) is 0 Å². The molecule has 0 radical (unpaired) electrons. The fraction of sp³-hybridized carbons (Fsp3) is 0.833. The first-order valence-electron chi connectivity index (χ1n) is 6.00. The number of aliphatic hydroxyl groups is 4. The van der Waals surface area contributed by atoms with Gasteiger partial charge in [0.25, 0.3) is 0 Å². The minimum Gasteiger partial charge on any atom is -0.396 e. The van der Waals surface area contributed by atoms with Gasteiger partial charge < -0.3 is 25.2 Å². The molecular formula is C12H22O5. The maximum absolute atomic E-state index is 9.98. The molecule has 0 saturated heterocycles. The van der Waals surface area contributed by atoms with E-state index >= 15 is 0 Å². The largest absolute Gasteiger partial charge is 0.396 e. The molecule has 1 unspecified atom stereocenters. The summed E-state index contributed by atoms with van der Waals surface area (Å²) >= 11 is 0. The number of hydrogen-bond donors (Lipinski definition) is 4. The van der Waals surface area contributed by atoms with Crippen molar-refractivity contribution in [1.82, 2.24) is 0 Å². The van der Waals surface area contributed by atoms with Crippen molar-refractivity contribution in [3.05, 3.63) is 12.2 Å². The van der Waals surface area contributed by atoms with Gasteiger partial charge >= 0.3 is 0 Å². The minimum atomic E-state index is -0.908. The summed E-state index contributed by atoms with van der Waals surface area (Å²) in [4.78, 5) is 0. The molecule has 1 aliphatic carbocycles. The van der Waals surface area contributed by atoms with Gasteiger partial charge in [0.05, 0.1) is 6.10 Å². The van der Waals surface area contributed by atoms with E-state index in [1.807, 2.05) is 0 Å². The van der Waals surface area contributed by atoms with Crippen LogP contribution in [0.1, 0.15) is 19.3 Å². The molecule has 0 spiro atoms. The summed E-state index contributed by atoms with van der Waals surface area (Å²) in [5.74, 6) is -0.0670. The second-order valence-corrected chi connectivity index (χ2v) is 4.44. The first-order chi connectivity index (χ1) is 8.11. The van der Waals surface area contributed by atoms with Gasteiger partial charge in [0.15, 0.2) is 0 Å². The lowest BCUT2D eigenvalue weighted by atomic mass is 9.78. The van der Waals surface area contributed by atoms with Crippen LogP contribution in [0, 0.1) is 5.92 Å². The van der Waals surface area contributed by atoms with E-state index in [0.29, 0.717) is 31.4 Å². The standard InChI is InChI=1S/C12H22O5/c1-8-9(3-5-14)7-10(15)12(11(8)16)17-6-2-4-13/h9-16H,1-7H2/t9?,10-,11-,12-/m1/s1. The average molecular weight is 246 g/mol. The predicted molar refractivity (Wildman–Crippen MR) is 62.4 cm³/mol. The Labute approximate surface area is 101 Å². The zero-order valence-electron chi connectivity index (χ0n) is 9.96. The molecule has 5 heteroatoms. The first kappa shape index (κ1) is 14.6.